The van der Waals surface area contributed by atoms with Crippen LogP contribution in [0.4, 0.5) is 0 Å². The lowest BCUT2D eigenvalue weighted by atomic mass is 10.2. The van der Waals surface area contributed by atoms with E-state index in [0.717, 1.165) is 33.8 Å². The van der Waals surface area contributed by atoms with Gasteiger partial charge in [-0.25, -0.2) is 0 Å². The SMILES string of the molecule is CCOc1ccc(OCc2nnc(SCCOc3cccc(C)c3)n2-c2ccc(Cl)cc2)cc1. The average Bonchev–Trinajstić information content (AvgIpc) is 3.25. The summed E-state index contributed by atoms with van der Waals surface area (Å²) >= 11 is 7.68. The molecule has 0 unspecified atom stereocenters. The topological polar surface area (TPSA) is 58.4 Å². The Balaban J connectivity index is 1.45. The number of nitrogens with zero attached hydrogens (tertiary/aromatic N) is 3. The number of ether oxygens (including phenoxy) is 3. The van der Waals surface area contributed by atoms with Gasteiger partial charge in [-0.2, -0.15) is 0 Å². The molecule has 0 saturated carbocycles. The first-order chi connectivity index (χ1) is 16.6. The van der Waals surface area contributed by atoms with Crippen molar-refractivity contribution in [3.8, 4) is 22.9 Å². The molecule has 0 saturated heterocycles. The number of aryl methyl sites for hydroxylation is 1. The number of benzene rings is 3. The van der Waals surface area contributed by atoms with Gasteiger partial charge in [0.1, 0.15) is 23.9 Å². The fourth-order valence-corrected chi connectivity index (χ4v) is 4.19. The summed E-state index contributed by atoms with van der Waals surface area (Å²) in [5.74, 6) is 3.82. The van der Waals surface area contributed by atoms with E-state index in [1.165, 1.54) is 5.56 Å². The second kappa shape index (κ2) is 11.8. The van der Waals surface area contributed by atoms with Gasteiger partial charge in [-0.05, 0) is 80.1 Å². The minimum atomic E-state index is 0.268. The predicted octanol–water partition coefficient (Wildman–Crippen LogP) is 6.38. The highest BCUT2D eigenvalue weighted by Gasteiger charge is 2.15. The summed E-state index contributed by atoms with van der Waals surface area (Å²) in [6.45, 7) is 5.45. The molecule has 0 spiro atoms. The van der Waals surface area contributed by atoms with Gasteiger partial charge in [-0.1, -0.05) is 35.5 Å². The van der Waals surface area contributed by atoms with Crippen LogP contribution in [0.5, 0.6) is 17.2 Å². The summed E-state index contributed by atoms with van der Waals surface area (Å²) in [5.41, 5.74) is 2.09. The van der Waals surface area contributed by atoms with Crippen LogP contribution < -0.4 is 14.2 Å². The average molecular weight is 496 g/mol. The van der Waals surface area contributed by atoms with Crippen LogP contribution in [-0.4, -0.2) is 33.7 Å². The monoisotopic (exact) mass is 495 g/mol. The first-order valence-corrected chi connectivity index (χ1v) is 12.4. The normalized spacial score (nSPS) is 10.8. The van der Waals surface area contributed by atoms with E-state index in [-0.39, 0.29) is 6.61 Å². The van der Waals surface area contributed by atoms with Gasteiger partial charge in [0.25, 0.3) is 0 Å². The van der Waals surface area contributed by atoms with Crippen molar-refractivity contribution in [2.45, 2.75) is 25.6 Å². The van der Waals surface area contributed by atoms with Gasteiger partial charge in [0.2, 0.25) is 0 Å². The molecule has 8 heteroatoms. The number of hydrogen-bond acceptors (Lipinski definition) is 6. The maximum absolute atomic E-state index is 6.10. The summed E-state index contributed by atoms with van der Waals surface area (Å²) in [7, 11) is 0. The zero-order valence-electron chi connectivity index (χ0n) is 19.1. The molecular formula is C26H26ClN3O3S. The minimum Gasteiger partial charge on any atom is -0.494 e. The third-order valence-electron chi connectivity index (χ3n) is 4.86. The lowest BCUT2D eigenvalue weighted by Gasteiger charge is -2.12. The van der Waals surface area contributed by atoms with Crippen molar-refractivity contribution < 1.29 is 14.2 Å². The van der Waals surface area contributed by atoms with Gasteiger partial charge >= 0.3 is 0 Å². The van der Waals surface area contributed by atoms with E-state index in [4.69, 9.17) is 25.8 Å². The molecule has 6 nitrogen and oxygen atoms in total. The fraction of sp³-hybridized carbons (Fsp3) is 0.231. The number of thioether (sulfide) groups is 1. The van der Waals surface area contributed by atoms with Crippen molar-refractivity contribution in [1.29, 1.82) is 0 Å². The Kier molecular flexibility index (Phi) is 8.33. The van der Waals surface area contributed by atoms with E-state index in [1.54, 1.807) is 11.8 Å². The van der Waals surface area contributed by atoms with E-state index in [1.807, 2.05) is 91.2 Å². The quantitative estimate of drug-likeness (QED) is 0.178. The fourth-order valence-electron chi connectivity index (χ4n) is 3.28. The lowest BCUT2D eigenvalue weighted by molar-refractivity contribution is 0.291. The summed E-state index contributed by atoms with van der Waals surface area (Å²) in [6.07, 6.45) is 0. The van der Waals surface area contributed by atoms with Gasteiger partial charge in [-0.15, -0.1) is 10.2 Å². The molecule has 0 atom stereocenters. The predicted molar refractivity (Wildman–Crippen MR) is 136 cm³/mol. The van der Waals surface area contributed by atoms with Crippen molar-refractivity contribution in [2.75, 3.05) is 19.0 Å². The second-order valence-corrected chi connectivity index (χ2v) is 8.92. The summed E-state index contributed by atoms with van der Waals surface area (Å²) in [5, 5.41) is 10.2. The molecule has 0 aliphatic carbocycles. The van der Waals surface area contributed by atoms with Gasteiger partial charge in [0, 0.05) is 16.5 Å². The first-order valence-electron chi connectivity index (χ1n) is 11.0. The Bertz CT molecular complexity index is 1200. The molecule has 4 rings (SSSR count). The third kappa shape index (κ3) is 6.46. The Morgan fingerprint density at radius 3 is 2.29 bits per heavy atom. The van der Waals surface area contributed by atoms with Crippen molar-refractivity contribution in [1.82, 2.24) is 14.8 Å². The van der Waals surface area contributed by atoms with E-state index < -0.39 is 0 Å². The van der Waals surface area contributed by atoms with Crippen LogP contribution in [0.2, 0.25) is 5.02 Å². The van der Waals surface area contributed by atoms with Crippen LogP contribution in [0.3, 0.4) is 0 Å². The summed E-state index contributed by atoms with van der Waals surface area (Å²) < 4.78 is 19.3. The number of aromatic nitrogens is 3. The molecule has 0 amide bonds. The van der Waals surface area contributed by atoms with Crippen LogP contribution in [0.1, 0.15) is 18.3 Å². The Labute approximate surface area is 208 Å². The molecule has 1 heterocycles. The number of hydrogen-bond donors (Lipinski definition) is 0. The Hall–Kier alpha value is -3.16. The van der Waals surface area contributed by atoms with Crippen LogP contribution in [0, 0.1) is 6.92 Å². The maximum Gasteiger partial charge on any atom is 0.196 e. The largest absolute Gasteiger partial charge is 0.494 e. The Morgan fingerprint density at radius 2 is 1.59 bits per heavy atom. The molecule has 0 aliphatic rings. The maximum atomic E-state index is 6.10. The third-order valence-corrected chi connectivity index (χ3v) is 6.01. The molecule has 176 valence electrons. The molecule has 0 aliphatic heterocycles. The van der Waals surface area contributed by atoms with E-state index in [9.17, 15) is 0 Å². The number of rotatable bonds is 11. The van der Waals surface area contributed by atoms with Crippen molar-refractivity contribution in [2.24, 2.45) is 0 Å². The summed E-state index contributed by atoms with van der Waals surface area (Å²) in [6, 6.07) is 23.2. The standard InChI is InChI=1S/C26H26ClN3O3S/c1-3-31-22-11-13-23(14-12-22)33-18-25-28-29-26(30(25)21-9-7-20(27)8-10-21)34-16-15-32-24-6-4-5-19(2)17-24/h4-14,17H,3,15-16,18H2,1-2H3. The number of halogens is 1. The zero-order valence-corrected chi connectivity index (χ0v) is 20.7. The van der Waals surface area contributed by atoms with Crippen LogP contribution in [0.15, 0.2) is 78.0 Å². The molecule has 34 heavy (non-hydrogen) atoms. The highest BCUT2D eigenvalue weighted by Crippen LogP contribution is 2.25. The van der Waals surface area contributed by atoms with Crippen LogP contribution in [-0.2, 0) is 6.61 Å². The molecule has 4 aromatic rings. The minimum absolute atomic E-state index is 0.268. The Morgan fingerprint density at radius 1 is 0.853 bits per heavy atom. The lowest BCUT2D eigenvalue weighted by Crippen LogP contribution is -2.07. The smallest absolute Gasteiger partial charge is 0.196 e. The molecule has 0 radical (unpaired) electrons. The second-order valence-electron chi connectivity index (χ2n) is 7.42. The van der Waals surface area contributed by atoms with Gasteiger partial charge in [0.15, 0.2) is 11.0 Å². The molecule has 0 N–H and O–H groups in total. The van der Waals surface area contributed by atoms with Gasteiger partial charge in [-0.3, -0.25) is 4.57 Å². The molecule has 0 bridgehead atoms. The molecule has 3 aromatic carbocycles. The van der Waals surface area contributed by atoms with Crippen LogP contribution >= 0.6 is 23.4 Å². The van der Waals surface area contributed by atoms with E-state index in [0.29, 0.717) is 24.1 Å². The van der Waals surface area contributed by atoms with Gasteiger partial charge < -0.3 is 14.2 Å². The highest BCUT2D eigenvalue weighted by atomic mass is 35.5. The van der Waals surface area contributed by atoms with Gasteiger partial charge in [0.05, 0.1) is 13.2 Å². The van der Waals surface area contributed by atoms with Crippen LogP contribution in [0.25, 0.3) is 5.69 Å². The highest BCUT2D eigenvalue weighted by molar-refractivity contribution is 7.99. The molecular weight excluding hydrogens is 470 g/mol. The van der Waals surface area contributed by atoms with Crippen molar-refractivity contribution in [3.63, 3.8) is 0 Å². The molecule has 1 aromatic heterocycles. The van der Waals surface area contributed by atoms with E-state index >= 15 is 0 Å². The van der Waals surface area contributed by atoms with E-state index in [2.05, 4.69) is 10.2 Å². The van der Waals surface area contributed by atoms with Crippen molar-refractivity contribution >= 4 is 23.4 Å². The van der Waals surface area contributed by atoms with Crippen molar-refractivity contribution in [3.05, 3.63) is 89.2 Å². The first kappa shape index (κ1) is 24.0. The zero-order chi connectivity index (χ0) is 23.8. The molecule has 0 fully saturated rings. The summed E-state index contributed by atoms with van der Waals surface area (Å²) in [4.78, 5) is 0.